The predicted molar refractivity (Wildman–Crippen MR) is 105 cm³/mol. The van der Waals surface area contributed by atoms with Gasteiger partial charge in [-0.25, -0.2) is 13.6 Å². The number of hydrogen-bond donors (Lipinski definition) is 1. The molecular weight excluding hydrogens is 394 g/mol. The van der Waals surface area contributed by atoms with Gasteiger partial charge in [0.15, 0.2) is 11.6 Å². The molecule has 1 heterocycles. The van der Waals surface area contributed by atoms with Gasteiger partial charge in [-0.3, -0.25) is 14.5 Å². The second-order valence-electron chi connectivity index (χ2n) is 8.93. The molecule has 4 atom stereocenters. The Bertz CT molecular complexity index is 860. The molecule has 1 aliphatic heterocycles. The number of imide groups is 1. The van der Waals surface area contributed by atoms with Gasteiger partial charge in [0.05, 0.1) is 0 Å². The molecule has 2 fully saturated rings. The molecule has 164 valence electrons. The fourth-order valence-corrected chi connectivity index (χ4v) is 4.43. The molecule has 2 aliphatic rings. The maximum absolute atomic E-state index is 13.6. The molecule has 1 saturated carbocycles. The van der Waals surface area contributed by atoms with Gasteiger partial charge < -0.3 is 10.1 Å². The zero-order chi connectivity index (χ0) is 22.2. The van der Waals surface area contributed by atoms with Crippen molar-refractivity contribution in [2.45, 2.75) is 58.6 Å². The fourth-order valence-electron chi connectivity index (χ4n) is 4.43. The maximum Gasteiger partial charge on any atom is 0.326 e. The summed E-state index contributed by atoms with van der Waals surface area (Å²) in [6, 6.07) is 2.21. The van der Waals surface area contributed by atoms with Crippen molar-refractivity contribution in [3.63, 3.8) is 0 Å². The summed E-state index contributed by atoms with van der Waals surface area (Å²) in [5.74, 6) is -2.53. The molecular formula is C22H28F2N2O4. The number of hydrogen-bond acceptors (Lipinski definition) is 4. The van der Waals surface area contributed by atoms with E-state index in [1.54, 1.807) is 0 Å². The number of nitrogens with zero attached hydrogens (tertiary/aromatic N) is 1. The third-order valence-electron chi connectivity index (χ3n) is 6.30. The molecule has 3 rings (SSSR count). The summed E-state index contributed by atoms with van der Waals surface area (Å²) in [4.78, 5) is 38.6. The van der Waals surface area contributed by atoms with Gasteiger partial charge in [0.2, 0.25) is 0 Å². The smallest absolute Gasteiger partial charge is 0.326 e. The van der Waals surface area contributed by atoms with Gasteiger partial charge >= 0.3 is 12.0 Å². The lowest BCUT2D eigenvalue weighted by Crippen LogP contribution is -2.43. The molecule has 1 aromatic carbocycles. The normalized spacial score (nSPS) is 29.3. The van der Waals surface area contributed by atoms with Crippen LogP contribution in [0.3, 0.4) is 0 Å². The number of carbonyl (C=O) groups excluding carboxylic acids is 3. The van der Waals surface area contributed by atoms with Gasteiger partial charge in [0, 0.05) is 0 Å². The number of amides is 3. The first-order valence-corrected chi connectivity index (χ1v) is 10.3. The van der Waals surface area contributed by atoms with Crippen molar-refractivity contribution in [3.8, 4) is 0 Å². The topological polar surface area (TPSA) is 75.7 Å². The largest absolute Gasteiger partial charge is 0.461 e. The zero-order valence-electron chi connectivity index (χ0n) is 17.7. The summed E-state index contributed by atoms with van der Waals surface area (Å²) < 4.78 is 32.6. The summed E-state index contributed by atoms with van der Waals surface area (Å²) >= 11 is 0. The molecule has 0 aromatic heterocycles. The van der Waals surface area contributed by atoms with Crippen LogP contribution >= 0.6 is 0 Å². The molecule has 1 aliphatic carbocycles. The van der Waals surface area contributed by atoms with Gasteiger partial charge in [-0.2, -0.15) is 0 Å². The van der Waals surface area contributed by atoms with Crippen LogP contribution in [-0.4, -0.2) is 35.5 Å². The van der Waals surface area contributed by atoms with Gasteiger partial charge in [-0.15, -0.1) is 0 Å². The molecule has 6 nitrogen and oxygen atoms in total. The first kappa shape index (κ1) is 22.2. The van der Waals surface area contributed by atoms with Crippen LogP contribution in [0.25, 0.3) is 0 Å². The van der Waals surface area contributed by atoms with Crippen LogP contribution in [0.5, 0.6) is 0 Å². The fraction of sp³-hybridized carbons (Fsp3) is 0.591. The highest BCUT2D eigenvalue weighted by Crippen LogP contribution is 2.36. The summed E-state index contributed by atoms with van der Waals surface area (Å²) in [6.45, 7) is 7.16. The summed E-state index contributed by atoms with van der Waals surface area (Å²) in [6.07, 6.45) is 2.55. The minimum absolute atomic E-state index is 0.0941. The Hall–Kier alpha value is -2.51. The number of benzene rings is 1. The monoisotopic (exact) mass is 422 g/mol. The van der Waals surface area contributed by atoms with Crippen molar-refractivity contribution in [1.82, 2.24) is 10.2 Å². The highest BCUT2D eigenvalue weighted by molar-refractivity contribution is 6.08. The molecule has 4 unspecified atom stereocenters. The van der Waals surface area contributed by atoms with E-state index in [0.717, 1.165) is 36.3 Å². The third kappa shape index (κ3) is 4.18. The molecule has 30 heavy (non-hydrogen) atoms. The van der Waals surface area contributed by atoms with Crippen molar-refractivity contribution in [2.75, 3.05) is 6.54 Å². The Labute approximate surface area is 174 Å². The van der Waals surface area contributed by atoms with E-state index >= 15 is 0 Å². The molecule has 1 N–H and O–H groups in total. The first-order valence-electron chi connectivity index (χ1n) is 10.3. The molecule has 0 radical (unpaired) electrons. The Morgan fingerprint density at radius 1 is 1.27 bits per heavy atom. The summed E-state index contributed by atoms with van der Waals surface area (Å²) in [7, 11) is 0. The van der Waals surface area contributed by atoms with Crippen LogP contribution in [0.4, 0.5) is 13.6 Å². The summed E-state index contributed by atoms with van der Waals surface area (Å²) in [5.41, 5.74) is -1.50. The Morgan fingerprint density at radius 2 is 1.97 bits per heavy atom. The number of carbonyl (C=O) groups is 3. The molecule has 1 saturated heterocycles. The standard InChI is InChI=1S/C22H28F2N2O4/c1-12(2)15-7-5-13(3)9-18(15)30-19(27)11-26-20(28)22(4,25-21(26)29)14-6-8-16(23)17(24)10-14/h6,8,10,12-13,15,18H,5,7,9,11H2,1-4H3,(H,25,29). The number of urea groups is 1. The Kier molecular flexibility index (Phi) is 6.15. The quantitative estimate of drug-likeness (QED) is 0.580. The van der Waals surface area contributed by atoms with Gasteiger partial charge in [0.25, 0.3) is 5.91 Å². The van der Waals surface area contributed by atoms with E-state index in [1.165, 1.54) is 13.0 Å². The lowest BCUT2D eigenvalue weighted by atomic mass is 9.75. The van der Waals surface area contributed by atoms with E-state index in [9.17, 15) is 23.2 Å². The third-order valence-corrected chi connectivity index (χ3v) is 6.30. The van der Waals surface area contributed by atoms with Crippen molar-refractivity contribution in [2.24, 2.45) is 17.8 Å². The number of esters is 1. The molecule has 8 heteroatoms. The summed E-state index contributed by atoms with van der Waals surface area (Å²) in [5, 5.41) is 2.48. The number of rotatable bonds is 5. The average Bonchev–Trinajstić information content (AvgIpc) is 2.87. The average molecular weight is 422 g/mol. The number of nitrogens with one attached hydrogen (secondary N) is 1. The van der Waals surface area contributed by atoms with Crippen LogP contribution in [0.1, 0.15) is 52.5 Å². The van der Waals surface area contributed by atoms with E-state index in [1.807, 2.05) is 0 Å². The van der Waals surface area contributed by atoms with E-state index in [-0.39, 0.29) is 17.6 Å². The van der Waals surface area contributed by atoms with Crippen molar-refractivity contribution in [1.29, 1.82) is 0 Å². The Morgan fingerprint density at radius 3 is 2.60 bits per heavy atom. The van der Waals surface area contributed by atoms with Crippen LogP contribution in [0.15, 0.2) is 18.2 Å². The van der Waals surface area contributed by atoms with Crippen molar-refractivity contribution in [3.05, 3.63) is 35.4 Å². The minimum atomic E-state index is -1.59. The van der Waals surface area contributed by atoms with Crippen LogP contribution in [0.2, 0.25) is 0 Å². The highest BCUT2D eigenvalue weighted by Gasteiger charge is 2.50. The highest BCUT2D eigenvalue weighted by atomic mass is 19.2. The molecule has 3 amide bonds. The van der Waals surface area contributed by atoms with Gasteiger partial charge in [-0.1, -0.05) is 33.3 Å². The van der Waals surface area contributed by atoms with E-state index in [4.69, 9.17) is 4.74 Å². The lowest BCUT2D eigenvalue weighted by Gasteiger charge is -2.36. The Balaban J connectivity index is 1.72. The maximum atomic E-state index is 13.6. The SMILES string of the molecule is CC1CCC(C(C)C)C(OC(=O)CN2C(=O)NC(C)(c3ccc(F)c(F)c3)C2=O)C1. The molecule has 1 aromatic rings. The van der Waals surface area contributed by atoms with E-state index < -0.39 is 41.6 Å². The molecule has 0 spiro atoms. The predicted octanol–water partition coefficient (Wildman–Crippen LogP) is 3.74. The van der Waals surface area contributed by atoms with Crippen LogP contribution in [0, 0.1) is 29.4 Å². The van der Waals surface area contributed by atoms with Crippen molar-refractivity contribution < 1.29 is 27.9 Å². The van der Waals surface area contributed by atoms with Gasteiger partial charge in [-0.05, 0) is 55.2 Å². The minimum Gasteiger partial charge on any atom is -0.461 e. The van der Waals surface area contributed by atoms with Crippen LogP contribution in [-0.2, 0) is 19.9 Å². The second-order valence-corrected chi connectivity index (χ2v) is 8.93. The first-order chi connectivity index (χ1) is 14.0. The molecule has 0 bridgehead atoms. The number of halogens is 2. The second kappa shape index (κ2) is 8.32. The lowest BCUT2D eigenvalue weighted by molar-refractivity contribution is -0.158. The van der Waals surface area contributed by atoms with Crippen molar-refractivity contribution >= 4 is 17.9 Å². The van der Waals surface area contributed by atoms with E-state index in [2.05, 4.69) is 26.1 Å². The van der Waals surface area contributed by atoms with Gasteiger partial charge in [0.1, 0.15) is 18.2 Å². The van der Waals surface area contributed by atoms with E-state index in [0.29, 0.717) is 11.8 Å². The zero-order valence-corrected chi connectivity index (χ0v) is 17.7. The number of ether oxygens (including phenoxy) is 1. The van der Waals surface area contributed by atoms with Crippen LogP contribution < -0.4 is 5.32 Å².